The maximum absolute atomic E-state index is 13.9. The Morgan fingerprint density at radius 3 is 2.62 bits per heavy atom. The van der Waals surface area contributed by atoms with Crippen molar-refractivity contribution in [2.24, 2.45) is 40.4 Å². The third kappa shape index (κ3) is 3.26. The minimum atomic E-state index is -3.63. The highest BCUT2D eigenvalue weighted by molar-refractivity contribution is 5.75. The minimum absolute atomic E-state index is 0.0328. The summed E-state index contributed by atoms with van der Waals surface area (Å²) in [6.07, 6.45) is 9.62. The molecule has 4 aliphatic rings. The predicted molar refractivity (Wildman–Crippen MR) is 108 cm³/mol. The molecule has 29 heavy (non-hydrogen) atoms. The van der Waals surface area contributed by atoms with Crippen LogP contribution in [0.4, 0.5) is 8.78 Å². The Kier molecular flexibility index (Phi) is 5.16. The van der Waals surface area contributed by atoms with Gasteiger partial charge in [-0.25, -0.2) is 4.79 Å². The molecule has 3 fully saturated rings. The molecule has 0 bridgehead atoms. The van der Waals surface area contributed by atoms with Crippen LogP contribution in [0.25, 0.3) is 0 Å². The zero-order valence-electron chi connectivity index (χ0n) is 18.0. The maximum Gasteiger partial charge on any atom is 0.374 e. The zero-order valence-corrected chi connectivity index (χ0v) is 18.0. The summed E-state index contributed by atoms with van der Waals surface area (Å²) >= 11 is 0. The van der Waals surface area contributed by atoms with Crippen molar-refractivity contribution in [3.63, 3.8) is 0 Å². The summed E-state index contributed by atoms with van der Waals surface area (Å²) in [7, 11) is 0. The number of carboxylic acid groups (broad SMARTS) is 1. The lowest BCUT2D eigenvalue weighted by Gasteiger charge is -2.58. The minimum Gasteiger partial charge on any atom is -0.477 e. The topological polar surface area (TPSA) is 57.5 Å². The van der Waals surface area contributed by atoms with Crippen LogP contribution in [0, 0.1) is 40.4 Å². The van der Waals surface area contributed by atoms with E-state index in [1.807, 2.05) is 6.92 Å². The highest BCUT2D eigenvalue weighted by atomic mass is 19.3. The molecule has 0 aromatic rings. The Labute approximate surface area is 173 Å². The molecular weight excluding hydrogens is 374 g/mol. The van der Waals surface area contributed by atoms with E-state index in [9.17, 15) is 18.7 Å². The Morgan fingerprint density at radius 1 is 1.21 bits per heavy atom. The lowest BCUT2D eigenvalue weighted by Crippen LogP contribution is -2.51. The summed E-state index contributed by atoms with van der Waals surface area (Å²) in [5, 5.41) is 19.0. The fraction of sp³-hybridized carbons (Fsp3) is 0.875. The van der Waals surface area contributed by atoms with Gasteiger partial charge in [0.05, 0.1) is 6.10 Å². The molecule has 5 heteroatoms. The van der Waals surface area contributed by atoms with Gasteiger partial charge in [0.2, 0.25) is 0 Å². The number of alkyl halides is 2. The van der Waals surface area contributed by atoms with Crippen LogP contribution in [0.15, 0.2) is 11.6 Å². The van der Waals surface area contributed by atoms with Crippen molar-refractivity contribution >= 4 is 5.97 Å². The highest BCUT2D eigenvalue weighted by Crippen LogP contribution is 2.67. The van der Waals surface area contributed by atoms with Crippen LogP contribution in [0.1, 0.15) is 78.6 Å². The molecule has 4 aliphatic carbocycles. The summed E-state index contributed by atoms with van der Waals surface area (Å²) in [6, 6.07) is 0. The smallest absolute Gasteiger partial charge is 0.374 e. The number of rotatable bonds is 4. The number of allylic oxidation sites excluding steroid dienone is 1. The van der Waals surface area contributed by atoms with E-state index in [0.29, 0.717) is 17.8 Å². The zero-order chi connectivity index (χ0) is 21.2. The van der Waals surface area contributed by atoms with Crippen LogP contribution >= 0.6 is 0 Å². The third-order valence-corrected chi connectivity index (χ3v) is 9.73. The first-order valence-electron chi connectivity index (χ1n) is 11.5. The van der Waals surface area contributed by atoms with Crippen molar-refractivity contribution in [1.82, 2.24) is 0 Å². The first kappa shape index (κ1) is 21.3. The Hall–Kier alpha value is -0.970. The second-order valence-corrected chi connectivity index (χ2v) is 11.1. The number of carboxylic acids is 1. The van der Waals surface area contributed by atoms with E-state index >= 15 is 0 Å². The highest BCUT2D eigenvalue weighted by Gasteiger charge is 2.59. The van der Waals surface area contributed by atoms with Gasteiger partial charge in [0.25, 0.3) is 0 Å². The third-order valence-electron chi connectivity index (χ3n) is 9.73. The second kappa shape index (κ2) is 7.03. The summed E-state index contributed by atoms with van der Waals surface area (Å²) in [5.41, 5.74) is 1.67. The molecule has 0 aromatic heterocycles. The lowest BCUT2D eigenvalue weighted by atomic mass is 9.47. The Bertz CT molecular complexity index is 704. The van der Waals surface area contributed by atoms with Gasteiger partial charge in [0.15, 0.2) is 0 Å². The molecule has 164 valence electrons. The molecule has 0 amide bonds. The first-order chi connectivity index (χ1) is 13.5. The van der Waals surface area contributed by atoms with Gasteiger partial charge in [-0.2, -0.15) is 8.78 Å². The molecule has 0 spiro atoms. The van der Waals surface area contributed by atoms with Crippen molar-refractivity contribution < 1.29 is 23.8 Å². The predicted octanol–water partition coefficient (Wildman–Crippen LogP) is 5.67. The van der Waals surface area contributed by atoms with Crippen molar-refractivity contribution in [2.45, 2.75) is 90.6 Å². The number of halogens is 2. The van der Waals surface area contributed by atoms with Gasteiger partial charge in [-0.15, -0.1) is 0 Å². The Morgan fingerprint density at radius 2 is 1.93 bits per heavy atom. The number of aliphatic carboxylic acids is 1. The summed E-state index contributed by atoms with van der Waals surface area (Å²) in [6.45, 7) is 6.53. The van der Waals surface area contributed by atoms with E-state index < -0.39 is 18.3 Å². The van der Waals surface area contributed by atoms with Gasteiger partial charge < -0.3 is 10.2 Å². The van der Waals surface area contributed by atoms with Crippen LogP contribution in [0.5, 0.6) is 0 Å². The van der Waals surface area contributed by atoms with Crippen LogP contribution < -0.4 is 0 Å². The molecule has 0 aliphatic heterocycles. The van der Waals surface area contributed by atoms with Gasteiger partial charge in [-0.1, -0.05) is 32.4 Å². The monoisotopic (exact) mass is 410 g/mol. The molecule has 3 nitrogen and oxygen atoms in total. The van der Waals surface area contributed by atoms with Gasteiger partial charge in [0.1, 0.15) is 0 Å². The molecule has 2 N–H and O–H groups in total. The molecule has 0 aromatic carbocycles. The molecule has 8 unspecified atom stereocenters. The number of carbonyl (C=O) groups is 1. The summed E-state index contributed by atoms with van der Waals surface area (Å²) in [5.74, 6) is -3.99. The number of fused-ring (bicyclic) bond motifs is 5. The number of aliphatic hydroxyl groups is 1. The number of hydrogen-bond acceptors (Lipinski definition) is 2. The van der Waals surface area contributed by atoms with Gasteiger partial charge in [-0.05, 0) is 91.8 Å². The maximum atomic E-state index is 13.9. The largest absolute Gasteiger partial charge is 0.477 e. The lowest BCUT2D eigenvalue weighted by molar-refractivity contribution is -0.168. The van der Waals surface area contributed by atoms with Gasteiger partial charge in [0, 0.05) is 6.42 Å². The molecule has 4 rings (SSSR count). The van der Waals surface area contributed by atoms with E-state index in [1.165, 1.54) is 5.57 Å². The Balaban J connectivity index is 1.55. The van der Waals surface area contributed by atoms with Crippen LogP contribution in [0.2, 0.25) is 0 Å². The molecule has 0 heterocycles. The molecule has 8 atom stereocenters. The van der Waals surface area contributed by atoms with Gasteiger partial charge >= 0.3 is 11.9 Å². The second-order valence-electron chi connectivity index (χ2n) is 11.1. The number of hydrogen-bond donors (Lipinski definition) is 2. The van der Waals surface area contributed by atoms with E-state index in [0.717, 1.165) is 51.4 Å². The van der Waals surface area contributed by atoms with Crippen molar-refractivity contribution in [2.75, 3.05) is 0 Å². The van der Waals surface area contributed by atoms with E-state index in [2.05, 4.69) is 19.9 Å². The van der Waals surface area contributed by atoms with Crippen LogP contribution in [-0.4, -0.2) is 28.2 Å². The average Bonchev–Trinajstić information content (AvgIpc) is 2.99. The normalized spacial score (nSPS) is 45.6. The standard InChI is InChI=1S/C24H36F2O3/c1-14(13-24(25,26)21(28)29)18-6-7-19-17-5-4-15-12-16(27)8-10-22(15,2)20(17)9-11-23(18,19)3/h4,14,16-20,27H,5-13H2,1-3H3,(H,28,29). The average molecular weight is 411 g/mol. The summed E-state index contributed by atoms with van der Waals surface area (Å²) in [4.78, 5) is 10.9. The van der Waals surface area contributed by atoms with Crippen LogP contribution in [-0.2, 0) is 4.79 Å². The fourth-order valence-electron chi connectivity index (χ4n) is 8.25. The molecular formula is C24H36F2O3. The number of aliphatic hydroxyl groups excluding tert-OH is 1. The summed E-state index contributed by atoms with van der Waals surface area (Å²) < 4.78 is 27.8. The van der Waals surface area contributed by atoms with Crippen molar-refractivity contribution in [3.05, 3.63) is 11.6 Å². The first-order valence-corrected chi connectivity index (χ1v) is 11.5. The van der Waals surface area contributed by atoms with E-state index in [-0.39, 0.29) is 28.8 Å². The van der Waals surface area contributed by atoms with Crippen molar-refractivity contribution in [3.8, 4) is 0 Å². The molecule has 0 radical (unpaired) electrons. The molecule has 3 saturated carbocycles. The van der Waals surface area contributed by atoms with E-state index in [1.54, 1.807) is 0 Å². The van der Waals surface area contributed by atoms with Crippen molar-refractivity contribution in [1.29, 1.82) is 0 Å². The SMILES string of the molecule is CC(CC(F)(F)C(=O)O)C1CCC2C3CC=C4CC(O)CCC4(C)C3CCC12C. The quantitative estimate of drug-likeness (QED) is 0.587. The van der Waals surface area contributed by atoms with Crippen LogP contribution in [0.3, 0.4) is 0 Å². The fourth-order valence-corrected chi connectivity index (χ4v) is 8.25. The van der Waals surface area contributed by atoms with Gasteiger partial charge in [-0.3, -0.25) is 0 Å². The molecule has 0 saturated heterocycles. The van der Waals surface area contributed by atoms with E-state index in [4.69, 9.17) is 5.11 Å².